The van der Waals surface area contributed by atoms with Crippen LogP contribution < -0.4 is 10.6 Å². The molecule has 27 heavy (non-hydrogen) atoms. The maximum Gasteiger partial charge on any atom is 0.321 e. The van der Waals surface area contributed by atoms with Crippen molar-refractivity contribution in [3.63, 3.8) is 0 Å². The Labute approximate surface area is 159 Å². The van der Waals surface area contributed by atoms with Crippen molar-refractivity contribution in [1.82, 2.24) is 20.4 Å². The van der Waals surface area contributed by atoms with Crippen molar-refractivity contribution in [2.24, 2.45) is 0 Å². The Hall–Kier alpha value is -2.64. The first-order valence-electron chi connectivity index (χ1n) is 9.28. The summed E-state index contributed by atoms with van der Waals surface area (Å²) in [6.45, 7) is 5.05. The van der Waals surface area contributed by atoms with E-state index in [0.29, 0.717) is 5.76 Å². The van der Waals surface area contributed by atoms with Crippen LogP contribution in [0.5, 0.6) is 0 Å². The molecule has 3 rings (SSSR count). The van der Waals surface area contributed by atoms with Gasteiger partial charge in [0.2, 0.25) is 5.91 Å². The van der Waals surface area contributed by atoms with Crippen molar-refractivity contribution < 1.29 is 14.0 Å². The van der Waals surface area contributed by atoms with Crippen LogP contribution >= 0.6 is 0 Å². The van der Waals surface area contributed by atoms with Gasteiger partial charge in [0, 0.05) is 32.7 Å². The summed E-state index contributed by atoms with van der Waals surface area (Å²) in [6.07, 6.45) is 2.58. The van der Waals surface area contributed by atoms with Gasteiger partial charge in [-0.15, -0.1) is 0 Å². The van der Waals surface area contributed by atoms with Gasteiger partial charge in [-0.05, 0) is 24.1 Å². The lowest BCUT2D eigenvalue weighted by atomic mass is 10.1. The zero-order chi connectivity index (χ0) is 18.9. The highest BCUT2D eigenvalue weighted by Crippen LogP contribution is 2.05. The molecule has 1 aliphatic heterocycles. The highest BCUT2D eigenvalue weighted by Gasteiger charge is 2.19. The first-order chi connectivity index (χ1) is 13.2. The lowest BCUT2D eigenvalue weighted by Gasteiger charge is -2.34. The average Bonchev–Trinajstić information content (AvgIpc) is 3.20. The van der Waals surface area contributed by atoms with E-state index in [0.717, 1.165) is 39.1 Å². The highest BCUT2D eigenvalue weighted by atomic mass is 16.3. The van der Waals surface area contributed by atoms with E-state index in [1.165, 1.54) is 5.56 Å². The number of rotatable bonds is 7. The third-order valence-electron chi connectivity index (χ3n) is 4.65. The Morgan fingerprint density at radius 2 is 1.70 bits per heavy atom. The molecule has 1 aromatic heterocycles. The van der Waals surface area contributed by atoms with E-state index in [1.54, 1.807) is 18.4 Å². The molecule has 7 heteroatoms. The molecule has 0 bridgehead atoms. The number of amides is 3. The van der Waals surface area contributed by atoms with Gasteiger partial charge in [-0.1, -0.05) is 30.3 Å². The average molecular weight is 370 g/mol. The third kappa shape index (κ3) is 6.54. The van der Waals surface area contributed by atoms with Crippen molar-refractivity contribution in [2.45, 2.75) is 13.0 Å². The van der Waals surface area contributed by atoms with E-state index in [2.05, 4.69) is 44.7 Å². The Morgan fingerprint density at radius 1 is 0.963 bits per heavy atom. The highest BCUT2D eigenvalue weighted by molar-refractivity contribution is 5.95. The molecule has 2 aromatic rings. The predicted octanol–water partition coefficient (Wildman–Crippen LogP) is 1.47. The Morgan fingerprint density at radius 3 is 2.41 bits per heavy atom. The van der Waals surface area contributed by atoms with E-state index in [-0.39, 0.29) is 19.0 Å². The topological polar surface area (TPSA) is 77.8 Å². The van der Waals surface area contributed by atoms with Gasteiger partial charge in [-0.2, -0.15) is 0 Å². The van der Waals surface area contributed by atoms with Crippen molar-refractivity contribution in [3.05, 3.63) is 60.1 Å². The summed E-state index contributed by atoms with van der Waals surface area (Å²) in [5.41, 5.74) is 1.35. The van der Waals surface area contributed by atoms with Gasteiger partial charge in [0.05, 0.1) is 19.4 Å². The lowest BCUT2D eigenvalue weighted by molar-refractivity contribution is -0.121. The fraction of sp³-hybridized carbons (Fsp3) is 0.400. The number of carbonyl (C=O) groups excluding carboxylic acids is 2. The summed E-state index contributed by atoms with van der Waals surface area (Å²) >= 11 is 0. The van der Waals surface area contributed by atoms with Crippen LogP contribution in [0.15, 0.2) is 53.1 Å². The third-order valence-corrected chi connectivity index (χ3v) is 4.65. The molecule has 3 amide bonds. The zero-order valence-electron chi connectivity index (χ0n) is 15.4. The van der Waals surface area contributed by atoms with Gasteiger partial charge in [0.25, 0.3) is 0 Å². The summed E-state index contributed by atoms with van der Waals surface area (Å²) in [5, 5.41) is 4.96. The van der Waals surface area contributed by atoms with Gasteiger partial charge < -0.3 is 14.6 Å². The molecule has 0 spiro atoms. The number of piperazine rings is 1. The number of nitrogens with zero attached hydrogens (tertiary/aromatic N) is 2. The molecule has 1 aliphatic rings. The van der Waals surface area contributed by atoms with Crippen LogP contribution in [0.1, 0.15) is 11.3 Å². The maximum absolute atomic E-state index is 12.0. The minimum atomic E-state index is -0.502. The Kier molecular flexibility index (Phi) is 7.01. The van der Waals surface area contributed by atoms with Crippen LogP contribution in [0.25, 0.3) is 0 Å². The second-order valence-electron chi connectivity index (χ2n) is 6.66. The van der Waals surface area contributed by atoms with Crippen LogP contribution in [0.4, 0.5) is 4.79 Å². The van der Waals surface area contributed by atoms with Crippen LogP contribution in [-0.4, -0.2) is 61.0 Å². The molecule has 2 heterocycles. The molecule has 1 aromatic carbocycles. The number of hydrogen-bond donors (Lipinski definition) is 2. The standard InChI is InChI=1S/C20H26N4O3/c25-19(22-20(26)21-15-18-7-4-14-27-18)16-24-12-10-23(11-13-24)9-8-17-5-2-1-3-6-17/h1-7,14H,8-13,15-16H2,(H2,21,22,25,26). The normalized spacial score (nSPS) is 15.4. The van der Waals surface area contributed by atoms with Gasteiger partial charge in [-0.3, -0.25) is 15.0 Å². The summed E-state index contributed by atoms with van der Waals surface area (Å²) in [4.78, 5) is 28.3. The summed E-state index contributed by atoms with van der Waals surface area (Å²) in [5.74, 6) is 0.355. The largest absolute Gasteiger partial charge is 0.467 e. The number of urea groups is 1. The second-order valence-corrected chi connectivity index (χ2v) is 6.66. The molecular weight excluding hydrogens is 344 g/mol. The number of carbonyl (C=O) groups is 2. The van der Waals surface area contributed by atoms with Crippen LogP contribution in [0.3, 0.4) is 0 Å². The van der Waals surface area contributed by atoms with Gasteiger partial charge >= 0.3 is 6.03 Å². The summed E-state index contributed by atoms with van der Waals surface area (Å²) in [7, 11) is 0. The first-order valence-corrected chi connectivity index (χ1v) is 9.28. The van der Waals surface area contributed by atoms with Crippen molar-refractivity contribution >= 4 is 11.9 Å². The molecule has 144 valence electrons. The molecule has 0 saturated carbocycles. The van der Waals surface area contributed by atoms with E-state index in [4.69, 9.17) is 4.42 Å². The second kappa shape index (κ2) is 9.89. The molecule has 0 atom stereocenters. The van der Waals surface area contributed by atoms with Gasteiger partial charge in [0.15, 0.2) is 0 Å². The molecule has 7 nitrogen and oxygen atoms in total. The summed E-state index contributed by atoms with van der Waals surface area (Å²) in [6, 6.07) is 13.5. The van der Waals surface area contributed by atoms with E-state index >= 15 is 0 Å². The predicted molar refractivity (Wildman–Crippen MR) is 102 cm³/mol. The van der Waals surface area contributed by atoms with Gasteiger partial charge in [0.1, 0.15) is 5.76 Å². The van der Waals surface area contributed by atoms with E-state index in [1.807, 2.05) is 6.07 Å². The van der Waals surface area contributed by atoms with Crippen molar-refractivity contribution in [1.29, 1.82) is 0 Å². The molecular formula is C20H26N4O3. The molecule has 0 aliphatic carbocycles. The summed E-state index contributed by atoms with van der Waals surface area (Å²) < 4.78 is 5.13. The minimum Gasteiger partial charge on any atom is -0.467 e. The molecule has 0 radical (unpaired) electrons. The Balaban J connectivity index is 1.30. The van der Waals surface area contributed by atoms with E-state index in [9.17, 15) is 9.59 Å². The van der Waals surface area contributed by atoms with Crippen molar-refractivity contribution in [2.75, 3.05) is 39.3 Å². The SMILES string of the molecule is O=C(CN1CCN(CCc2ccccc2)CC1)NC(=O)NCc1ccco1. The van der Waals surface area contributed by atoms with Crippen molar-refractivity contribution in [3.8, 4) is 0 Å². The first kappa shape index (κ1) is 19.1. The molecule has 1 saturated heterocycles. The maximum atomic E-state index is 12.0. The van der Waals surface area contributed by atoms with Crippen LogP contribution in [0.2, 0.25) is 0 Å². The number of imide groups is 1. The monoisotopic (exact) mass is 370 g/mol. The fourth-order valence-electron chi connectivity index (χ4n) is 3.10. The number of furan rings is 1. The van der Waals surface area contributed by atoms with Crippen LogP contribution in [-0.2, 0) is 17.8 Å². The molecule has 2 N–H and O–H groups in total. The quantitative estimate of drug-likeness (QED) is 0.772. The zero-order valence-corrected chi connectivity index (χ0v) is 15.4. The number of nitrogens with one attached hydrogen (secondary N) is 2. The van der Waals surface area contributed by atoms with Crippen LogP contribution in [0, 0.1) is 0 Å². The van der Waals surface area contributed by atoms with E-state index < -0.39 is 6.03 Å². The molecule has 0 unspecified atom stereocenters. The lowest BCUT2D eigenvalue weighted by Crippen LogP contribution is -2.51. The smallest absolute Gasteiger partial charge is 0.321 e. The molecule has 1 fully saturated rings. The van der Waals surface area contributed by atoms with Gasteiger partial charge in [-0.25, -0.2) is 4.79 Å². The fourth-order valence-corrected chi connectivity index (χ4v) is 3.10. The number of benzene rings is 1. The minimum absolute atomic E-state index is 0.237. The number of hydrogen-bond acceptors (Lipinski definition) is 5. The Bertz CT molecular complexity index is 710.